The van der Waals surface area contributed by atoms with Crippen LogP contribution in [-0.4, -0.2) is 26.7 Å². The summed E-state index contributed by atoms with van der Waals surface area (Å²) in [6.45, 7) is 2.12. The van der Waals surface area contributed by atoms with Gasteiger partial charge in [-0.15, -0.1) is 0 Å². The van der Waals surface area contributed by atoms with E-state index < -0.39 is 11.0 Å². The van der Waals surface area contributed by atoms with E-state index in [4.69, 9.17) is 0 Å². The molecule has 0 amide bonds. The van der Waals surface area contributed by atoms with Gasteiger partial charge in [-0.1, -0.05) is 43.3 Å². The van der Waals surface area contributed by atoms with Crippen molar-refractivity contribution >= 4 is 5.78 Å². The molecule has 0 bridgehead atoms. The van der Waals surface area contributed by atoms with E-state index >= 15 is 0 Å². The summed E-state index contributed by atoms with van der Waals surface area (Å²) in [6, 6.07) is 12.7. The molecule has 2 aromatic carbocycles. The van der Waals surface area contributed by atoms with Crippen molar-refractivity contribution in [3.05, 3.63) is 59.2 Å². The molecule has 5 rings (SSSR count). The molecule has 3 aliphatic rings. The largest absolute Gasteiger partial charge is 0.504 e. The third-order valence-electron chi connectivity index (χ3n) is 8.43. The predicted molar refractivity (Wildman–Crippen MR) is 110 cm³/mol. The smallest absolute Gasteiger partial charge is 0.194 e. The lowest BCUT2D eigenvalue weighted by atomic mass is 9.52. The molecular formula is C25H28O4. The summed E-state index contributed by atoms with van der Waals surface area (Å²) < 4.78 is 0. The summed E-state index contributed by atoms with van der Waals surface area (Å²) in [5, 5.41) is 31.9. The van der Waals surface area contributed by atoms with Crippen LogP contribution >= 0.6 is 0 Å². The lowest BCUT2D eigenvalue weighted by molar-refractivity contribution is -0.0773. The van der Waals surface area contributed by atoms with E-state index in [0.29, 0.717) is 23.8 Å². The molecule has 3 aliphatic carbocycles. The van der Waals surface area contributed by atoms with Crippen molar-refractivity contribution in [1.82, 2.24) is 0 Å². The average molecular weight is 392 g/mol. The zero-order chi connectivity index (χ0) is 20.4. The molecule has 2 saturated carbocycles. The highest BCUT2D eigenvalue weighted by atomic mass is 16.3. The van der Waals surface area contributed by atoms with Crippen LogP contribution in [0.15, 0.2) is 42.5 Å². The third kappa shape index (κ3) is 2.45. The zero-order valence-electron chi connectivity index (χ0n) is 16.8. The summed E-state index contributed by atoms with van der Waals surface area (Å²) in [4.78, 5) is 13.4. The maximum Gasteiger partial charge on any atom is 0.194 e. The van der Waals surface area contributed by atoms with Crippen molar-refractivity contribution in [1.29, 1.82) is 0 Å². The van der Waals surface area contributed by atoms with Gasteiger partial charge in [0.15, 0.2) is 17.3 Å². The summed E-state index contributed by atoms with van der Waals surface area (Å²) in [5.41, 5.74) is 0.860. The summed E-state index contributed by atoms with van der Waals surface area (Å²) in [5.74, 6) is 0.826. The van der Waals surface area contributed by atoms with Gasteiger partial charge in [-0.25, -0.2) is 0 Å². The lowest BCUT2D eigenvalue weighted by Gasteiger charge is -2.52. The molecule has 0 heterocycles. The second kappa shape index (κ2) is 6.33. The lowest BCUT2D eigenvalue weighted by Crippen LogP contribution is -2.55. The van der Waals surface area contributed by atoms with Crippen LogP contribution in [0.5, 0.6) is 11.5 Å². The number of phenolic OH excluding ortho intramolecular Hbond substituents is 2. The standard InChI is InChI=1S/C25H28O4/c1-24-13-11-17-16-9-10-21(26)22(27)19(16)8-7-18(17)20(24)12-14-25(24,29)23(28)15-5-3-2-4-6-15/h2-6,9-10,17-18,20,26-27,29H,7-8,11-14H2,1H3/t17-,18-,20+,24+,25?/m1/s1. The molecule has 5 atom stereocenters. The molecule has 0 radical (unpaired) electrons. The number of rotatable bonds is 2. The maximum absolute atomic E-state index is 13.4. The first-order valence-corrected chi connectivity index (χ1v) is 10.7. The van der Waals surface area contributed by atoms with Crippen molar-refractivity contribution in [2.75, 3.05) is 0 Å². The van der Waals surface area contributed by atoms with Crippen LogP contribution in [0.25, 0.3) is 0 Å². The van der Waals surface area contributed by atoms with E-state index in [9.17, 15) is 20.1 Å². The Bertz CT molecular complexity index is 968. The van der Waals surface area contributed by atoms with Crippen molar-refractivity contribution < 1.29 is 20.1 Å². The highest BCUT2D eigenvalue weighted by Crippen LogP contribution is 2.65. The quantitative estimate of drug-likeness (QED) is 0.517. The van der Waals surface area contributed by atoms with Crippen LogP contribution < -0.4 is 0 Å². The Hall–Kier alpha value is -2.33. The number of ketones is 1. The Morgan fingerprint density at radius 1 is 1.00 bits per heavy atom. The number of phenols is 2. The fourth-order valence-corrected chi connectivity index (χ4v) is 6.85. The van der Waals surface area contributed by atoms with E-state index in [-0.39, 0.29) is 23.2 Å². The van der Waals surface area contributed by atoms with Gasteiger partial charge in [-0.05, 0) is 67.9 Å². The number of hydrogen-bond acceptors (Lipinski definition) is 4. The fraction of sp³-hybridized carbons (Fsp3) is 0.480. The summed E-state index contributed by atoms with van der Waals surface area (Å²) in [6.07, 6.45) is 4.69. The van der Waals surface area contributed by atoms with Gasteiger partial charge in [-0.3, -0.25) is 4.79 Å². The molecule has 4 heteroatoms. The molecule has 152 valence electrons. The van der Waals surface area contributed by atoms with Gasteiger partial charge in [0.05, 0.1) is 0 Å². The average Bonchev–Trinajstić information content (AvgIpc) is 3.02. The Balaban J connectivity index is 1.50. The number of aromatic hydroxyl groups is 2. The minimum Gasteiger partial charge on any atom is -0.504 e. The minimum atomic E-state index is -1.32. The van der Waals surface area contributed by atoms with Crippen LogP contribution in [0.2, 0.25) is 0 Å². The highest BCUT2D eigenvalue weighted by molar-refractivity contribution is 6.03. The first kappa shape index (κ1) is 18.7. The van der Waals surface area contributed by atoms with Crippen molar-refractivity contribution in [2.45, 2.75) is 57.0 Å². The van der Waals surface area contributed by atoms with E-state index in [2.05, 4.69) is 6.92 Å². The molecule has 0 spiro atoms. The normalized spacial score (nSPS) is 35.4. The molecule has 0 aliphatic heterocycles. The monoisotopic (exact) mass is 392 g/mol. The van der Waals surface area contributed by atoms with Crippen LogP contribution in [0.3, 0.4) is 0 Å². The van der Waals surface area contributed by atoms with E-state index in [1.807, 2.05) is 24.3 Å². The molecular weight excluding hydrogens is 364 g/mol. The Kier molecular flexibility index (Phi) is 4.08. The van der Waals surface area contributed by atoms with Gasteiger partial charge >= 0.3 is 0 Å². The van der Waals surface area contributed by atoms with Gasteiger partial charge in [0.25, 0.3) is 0 Å². The number of fused-ring (bicyclic) bond motifs is 5. The predicted octanol–water partition coefficient (Wildman–Crippen LogP) is 4.57. The van der Waals surface area contributed by atoms with E-state index in [1.165, 1.54) is 0 Å². The Morgan fingerprint density at radius 2 is 1.76 bits per heavy atom. The number of carbonyl (C=O) groups excluding carboxylic acids is 1. The maximum atomic E-state index is 13.4. The number of Topliss-reactive ketones (excluding diaryl/α,β-unsaturated/α-hetero) is 1. The molecule has 1 unspecified atom stereocenters. The summed E-state index contributed by atoms with van der Waals surface area (Å²) >= 11 is 0. The second-order valence-corrected chi connectivity index (χ2v) is 9.47. The first-order valence-electron chi connectivity index (χ1n) is 10.7. The van der Waals surface area contributed by atoms with Gasteiger partial charge in [0.1, 0.15) is 5.60 Å². The topological polar surface area (TPSA) is 77.8 Å². The molecule has 4 nitrogen and oxygen atoms in total. The molecule has 2 fully saturated rings. The third-order valence-corrected chi connectivity index (χ3v) is 8.43. The minimum absolute atomic E-state index is 0.0245. The molecule has 0 saturated heterocycles. The van der Waals surface area contributed by atoms with Gasteiger partial charge in [0, 0.05) is 16.5 Å². The van der Waals surface area contributed by atoms with E-state index in [0.717, 1.165) is 43.2 Å². The molecule has 0 aromatic heterocycles. The van der Waals surface area contributed by atoms with Crippen LogP contribution in [0.1, 0.15) is 66.4 Å². The SMILES string of the molecule is C[C@]12CC[C@@H]3c4ccc(O)c(O)c4CC[C@H]3[C@@H]1CCC2(O)C(=O)c1ccccc1. The summed E-state index contributed by atoms with van der Waals surface area (Å²) in [7, 11) is 0. The number of benzene rings is 2. The Labute approximate surface area is 171 Å². The molecule has 3 N–H and O–H groups in total. The number of hydrogen-bond donors (Lipinski definition) is 3. The first-order chi connectivity index (χ1) is 13.9. The number of carbonyl (C=O) groups is 1. The molecule has 2 aromatic rings. The number of aliphatic hydroxyl groups is 1. The van der Waals surface area contributed by atoms with Crippen molar-refractivity contribution in [2.24, 2.45) is 17.3 Å². The fourth-order valence-electron chi connectivity index (χ4n) is 6.85. The van der Waals surface area contributed by atoms with Gasteiger partial charge in [-0.2, -0.15) is 0 Å². The van der Waals surface area contributed by atoms with Crippen LogP contribution in [0.4, 0.5) is 0 Å². The van der Waals surface area contributed by atoms with Crippen LogP contribution in [-0.2, 0) is 6.42 Å². The molecule has 29 heavy (non-hydrogen) atoms. The zero-order valence-corrected chi connectivity index (χ0v) is 16.8. The van der Waals surface area contributed by atoms with E-state index in [1.54, 1.807) is 18.2 Å². The highest BCUT2D eigenvalue weighted by Gasteiger charge is 2.64. The van der Waals surface area contributed by atoms with Crippen molar-refractivity contribution in [3.8, 4) is 11.5 Å². The van der Waals surface area contributed by atoms with Gasteiger partial charge < -0.3 is 15.3 Å². The second-order valence-electron chi connectivity index (χ2n) is 9.47. The van der Waals surface area contributed by atoms with Crippen molar-refractivity contribution in [3.63, 3.8) is 0 Å². The van der Waals surface area contributed by atoms with Crippen LogP contribution in [0, 0.1) is 17.3 Å². The van der Waals surface area contributed by atoms with Gasteiger partial charge in [0.2, 0.25) is 0 Å². The Morgan fingerprint density at radius 3 is 2.52 bits per heavy atom.